The van der Waals surface area contributed by atoms with E-state index in [-0.39, 0.29) is 12.6 Å². The maximum atomic E-state index is 11.7. The number of nitrogens with one attached hydrogen (secondary N) is 2. The van der Waals surface area contributed by atoms with E-state index in [0.717, 1.165) is 5.56 Å². The lowest BCUT2D eigenvalue weighted by atomic mass is 10.1. The molecule has 5 heteroatoms. The number of aliphatic hydroxyl groups is 1. The third-order valence-corrected chi connectivity index (χ3v) is 2.86. The SMILES string of the molecule is Cc1ccc(C#N)cc1NC(=O)NCC(O)CC(C)C. The van der Waals surface area contributed by atoms with Crippen molar-refractivity contribution >= 4 is 11.7 Å². The summed E-state index contributed by atoms with van der Waals surface area (Å²) in [6.07, 6.45) is 0.0933. The molecule has 5 nitrogen and oxygen atoms in total. The van der Waals surface area contributed by atoms with Crippen molar-refractivity contribution in [3.8, 4) is 6.07 Å². The van der Waals surface area contributed by atoms with Crippen LogP contribution in [0, 0.1) is 24.2 Å². The van der Waals surface area contributed by atoms with Crippen LogP contribution in [-0.2, 0) is 0 Å². The summed E-state index contributed by atoms with van der Waals surface area (Å²) in [6.45, 7) is 6.09. The highest BCUT2D eigenvalue weighted by molar-refractivity contribution is 5.90. The normalized spacial score (nSPS) is 11.8. The number of anilines is 1. The molecule has 0 bridgehead atoms. The molecular formula is C15H21N3O2. The quantitative estimate of drug-likeness (QED) is 0.771. The number of rotatable bonds is 5. The highest BCUT2D eigenvalue weighted by atomic mass is 16.3. The van der Waals surface area contributed by atoms with E-state index in [1.54, 1.807) is 18.2 Å². The van der Waals surface area contributed by atoms with Crippen LogP contribution in [-0.4, -0.2) is 23.8 Å². The van der Waals surface area contributed by atoms with Gasteiger partial charge in [0.15, 0.2) is 0 Å². The molecule has 0 fully saturated rings. The molecule has 0 aliphatic rings. The summed E-state index contributed by atoms with van der Waals surface area (Å²) >= 11 is 0. The van der Waals surface area contributed by atoms with E-state index < -0.39 is 6.10 Å². The maximum Gasteiger partial charge on any atom is 0.319 e. The summed E-state index contributed by atoms with van der Waals surface area (Å²) in [5.74, 6) is 0.379. The lowest BCUT2D eigenvalue weighted by Gasteiger charge is -2.15. The minimum absolute atomic E-state index is 0.209. The molecule has 3 N–H and O–H groups in total. The number of hydrogen-bond donors (Lipinski definition) is 3. The zero-order chi connectivity index (χ0) is 15.1. The first-order chi connectivity index (χ1) is 9.42. The van der Waals surface area contributed by atoms with Gasteiger partial charge in [0.05, 0.1) is 17.7 Å². The van der Waals surface area contributed by atoms with Gasteiger partial charge in [0, 0.05) is 12.2 Å². The van der Waals surface area contributed by atoms with E-state index in [9.17, 15) is 9.90 Å². The highest BCUT2D eigenvalue weighted by Crippen LogP contribution is 2.16. The van der Waals surface area contributed by atoms with E-state index in [0.29, 0.717) is 23.6 Å². The van der Waals surface area contributed by atoms with Crippen molar-refractivity contribution in [3.05, 3.63) is 29.3 Å². The molecule has 1 unspecified atom stereocenters. The second kappa shape index (κ2) is 7.51. The van der Waals surface area contributed by atoms with E-state index in [1.807, 2.05) is 26.8 Å². The molecule has 0 aliphatic heterocycles. The number of aryl methyl sites for hydroxylation is 1. The molecule has 0 saturated heterocycles. The first kappa shape index (κ1) is 16.0. The van der Waals surface area contributed by atoms with Crippen LogP contribution in [0.25, 0.3) is 0 Å². The first-order valence-corrected chi connectivity index (χ1v) is 6.66. The molecule has 20 heavy (non-hydrogen) atoms. The minimum atomic E-state index is -0.549. The molecule has 0 radical (unpaired) electrons. The molecule has 0 spiro atoms. The van der Waals surface area contributed by atoms with Gasteiger partial charge in [0.1, 0.15) is 0 Å². The predicted molar refractivity (Wildman–Crippen MR) is 78.4 cm³/mol. The molecule has 0 aliphatic carbocycles. The summed E-state index contributed by atoms with van der Waals surface area (Å²) in [4.78, 5) is 11.7. The molecule has 1 rings (SSSR count). The van der Waals surface area contributed by atoms with Crippen molar-refractivity contribution in [2.24, 2.45) is 5.92 Å². The average molecular weight is 275 g/mol. The number of hydrogen-bond acceptors (Lipinski definition) is 3. The molecular weight excluding hydrogens is 254 g/mol. The Bertz CT molecular complexity index is 506. The summed E-state index contributed by atoms with van der Waals surface area (Å²) in [6, 6.07) is 6.75. The van der Waals surface area contributed by atoms with Crippen LogP contribution in [0.3, 0.4) is 0 Å². The number of carbonyl (C=O) groups excluding carboxylic acids is 1. The molecule has 1 aromatic carbocycles. The predicted octanol–water partition coefficient (Wildman–Crippen LogP) is 2.40. The number of aliphatic hydroxyl groups excluding tert-OH is 1. The van der Waals surface area contributed by atoms with Crippen LogP contribution in [0.1, 0.15) is 31.4 Å². The molecule has 0 saturated carbocycles. The van der Waals surface area contributed by atoms with Gasteiger partial charge in [-0.15, -0.1) is 0 Å². The number of carbonyl (C=O) groups is 1. The molecule has 1 aromatic rings. The molecule has 1 atom stereocenters. The Morgan fingerprint density at radius 3 is 2.75 bits per heavy atom. The summed E-state index contributed by atoms with van der Waals surface area (Å²) in [7, 11) is 0. The maximum absolute atomic E-state index is 11.7. The zero-order valence-electron chi connectivity index (χ0n) is 12.1. The summed E-state index contributed by atoms with van der Waals surface area (Å²) < 4.78 is 0. The Morgan fingerprint density at radius 2 is 2.15 bits per heavy atom. The molecule has 0 heterocycles. The second-order valence-electron chi connectivity index (χ2n) is 5.26. The van der Waals surface area contributed by atoms with Crippen molar-refractivity contribution in [3.63, 3.8) is 0 Å². The van der Waals surface area contributed by atoms with E-state index in [2.05, 4.69) is 10.6 Å². The van der Waals surface area contributed by atoms with Crippen molar-refractivity contribution in [1.82, 2.24) is 5.32 Å². The van der Waals surface area contributed by atoms with E-state index in [1.165, 1.54) is 0 Å². The molecule has 108 valence electrons. The smallest absolute Gasteiger partial charge is 0.319 e. The van der Waals surface area contributed by atoms with Gasteiger partial charge in [-0.25, -0.2) is 4.79 Å². The van der Waals surface area contributed by atoms with Gasteiger partial charge in [-0.1, -0.05) is 19.9 Å². The van der Waals surface area contributed by atoms with Gasteiger partial charge in [-0.3, -0.25) is 0 Å². The number of urea groups is 1. The van der Waals surface area contributed by atoms with Crippen molar-refractivity contribution in [1.29, 1.82) is 5.26 Å². The number of nitriles is 1. The Morgan fingerprint density at radius 1 is 1.45 bits per heavy atom. The zero-order valence-corrected chi connectivity index (χ0v) is 12.1. The van der Waals surface area contributed by atoms with Gasteiger partial charge < -0.3 is 15.7 Å². The van der Waals surface area contributed by atoms with Crippen molar-refractivity contribution in [2.75, 3.05) is 11.9 Å². The minimum Gasteiger partial charge on any atom is -0.391 e. The van der Waals surface area contributed by atoms with E-state index in [4.69, 9.17) is 5.26 Å². The number of nitrogens with zero attached hydrogens (tertiary/aromatic N) is 1. The van der Waals surface area contributed by atoms with Crippen LogP contribution in [0.4, 0.5) is 10.5 Å². The standard InChI is InChI=1S/C15H21N3O2/c1-10(2)6-13(19)9-17-15(20)18-14-7-12(8-16)5-4-11(14)3/h4-5,7,10,13,19H,6,9H2,1-3H3,(H2,17,18,20). The Hall–Kier alpha value is -2.06. The largest absolute Gasteiger partial charge is 0.391 e. The Labute approximate surface area is 119 Å². The van der Waals surface area contributed by atoms with Crippen LogP contribution in [0.5, 0.6) is 0 Å². The van der Waals surface area contributed by atoms with Gasteiger partial charge in [0.2, 0.25) is 0 Å². The van der Waals surface area contributed by atoms with Crippen molar-refractivity contribution in [2.45, 2.75) is 33.3 Å². The third-order valence-electron chi connectivity index (χ3n) is 2.86. The fraction of sp³-hybridized carbons (Fsp3) is 0.467. The Kier molecular flexibility index (Phi) is 6.01. The van der Waals surface area contributed by atoms with Crippen molar-refractivity contribution < 1.29 is 9.90 Å². The number of amides is 2. The Balaban J connectivity index is 2.53. The fourth-order valence-corrected chi connectivity index (χ4v) is 1.83. The van der Waals surface area contributed by atoms with E-state index >= 15 is 0 Å². The topological polar surface area (TPSA) is 85.2 Å². The fourth-order valence-electron chi connectivity index (χ4n) is 1.83. The molecule has 0 aromatic heterocycles. The molecule has 2 amide bonds. The van der Waals surface area contributed by atoms with Crippen LogP contribution >= 0.6 is 0 Å². The summed E-state index contributed by atoms with van der Waals surface area (Å²) in [5, 5.41) is 23.8. The second-order valence-corrected chi connectivity index (χ2v) is 5.26. The van der Waals surface area contributed by atoms with Crippen LogP contribution in [0.2, 0.25) is 0 Å². The first-order valence-electron chi connectivity index (χ1n) is 6.66. The van der Waals surface area contributed by atoms with Gasteiger partial charge in [0.25, 0.3) is 0 Å². The number of benzene rings is 1. The van der Waals surface area contributed by atoms with Crippen LogP contribution < -0.4 is 10.6 Å². The third kappa shape index (κ3) is 5.29. The van der Waals surface area contributed by atoms with Gasteiger partial charge in [-0.2, -0.15) is 5.26 Å². The van der Waals surface area contributed by atoms with Gasteiger partial charge >= 0.3 is 6.03 Å². The van der Waals surface area contributed by atoms with Gasteiger partial charge in [-0.05, 0) is 37.0 Å². The highest BCUT2D eigenvalue weighted by Gasteiger charge is 2.10. The monoisotopic (exact) mass is 275 g/mol. The lowest BCUT2D eigenvalue weighted by Crippen LogP contribution is -2.35. The summed E-state index contributed by atoms with van der Waals surface area (Å²) in [5.41, 5.74) is 1.97. The van der Waals surface area contributed by atoms with Crippen LogP contribution in [0.15, 0.2) is 18.2 Å². The lowest BCUT2D eigenvalue weighted by molar-refractivity contribution is 0.148. The average Bonchev–Trinajstić information content (AvgIpc) is 2.38.